The standard InChI is InChI=1S/C15H11F17O4S/c16-8(17,3-4-37-5-36-7(35)2-1-6(33)34)9(18,19)10(20,21)11(22,23)12(24,25)13(26,27)14(28,29)15(30,31)32/h1-5H2,(H,33,34). The number of halogens is 17. The number of hydrogen-bond donors (Lipinski definition) is 1. The number of hydrogen-bond acceptors (Lipinski definition) is 4. The zero-order chi connectivity index (χ0) is 30.1. The molecule has 0 saturated heterocycles. The molecule has 0 aromatic heterocycles. The van der Waals surface area contributed by atoms with Gasteiger partial charge in [0.1, 0.15) is 5.94 Å². The Morgan fingerprint density at radius 3 is 1.35 bits per heavy atom. The molecule has 4 nitrogen and oxygen atoms in total. The van der Waals surface area contributed by atoms with Crippen molar-refractivity contribution < 1.29 is 94.1 Å². The van der Waals surface area contributed by atoms with E-state index in [1.54, 1.807) is 0 Å². The zero-order valence-corrected chi connectivity index (χ0v) is 17.9. The molecule has 0 aliphatic carbocycles. The van der Waals surface area contributed by atoms with Crippen molar-refractivity contribution in [1.29, 1.82) is 0 Å². The number of carboxylic acid groups (broad SMARTS) is 1. The van der Waals surface area contributed by atoms with Crippen LogP contribution in [0.3, 0.4) is 0 Å². The summed E-state index contributed by atoms with van der Waals surface area (Å²) < 4.78 is 227. The Morgan fingerprint density at radius 1 is 0.595 bits per heavy atom. The molecule has 0 aliphatic heterocycles. The lowest BCUT2D eigenvalue weighted by atomic mass is 9.88. The number of carbonyl (C=O) groups is 2. The second-order valence-electron chi connectivity index (χ2n) is 6.83. The summed E-state index contributed by atoms with van der Waals surface area (Å²) in [5, 5.41) is 8.27. The van der Waals surface area contributed by atoms with Gasteiger partial charge in [-0.3, -0.25) is 9.59 Å². The van der Waals surface area contributed by atoms with E-state index in [1.165, 1.54) is 0 Å². The van der Waals surface area contributed by atoms with E-state index >= 15 is 0 Å². The first-order valence-corrected chi connectivity index (χ1v) is 9.88. The molecule has 1 N–H and O–H groups in total. The predicted octanol–water partition coefficient (Wildman–Crippen LogP) is 6.48. The third-order valence-electron chi connectivity index (χ3n) is 4.19. The minimum atomic E-state index is -8.68. The van der Waals surface area contributed by atoms with Gasteiger partial charge in [-0.15, -0.1) is 11.8 Å². The summed E-state index contributed by atoms with van der Waals surface area (Å²) in [5.74, 6) is -62.1. The summed E-state index contributed by atoms with van der Waals surface area (Å²) in [6.45, 7) is 0. The van der Waals surface area contributed by atoms with Gasteiger partial charge in [-0.05, 0) is 0 Å². The van der Waals surface area contributed by atoms with Crippen molar-refractivity contribution in [2.45, 2.75) is 66.9 Å². The van der Waals surface area contributed by atoms with Crippen molar-refractivity contribution in [2.24, 2.45) is 0 Å². The zero-order valence-electron chi connectivity index (χ0n) is 17.0. The third kappa shape index (κ3) is 6.23. The van der Waals surface area contributed by atoms with Crippen LogP contribution in [0.25, 0.3) is 0 Å². The predicted molar refractivity (Wildman–Crippen MR) is 85.6 cm³/mol. The van der Waals surface area contributed by atoms with Crippen LogP contribution in [-0.2, 0) is 14.3 Å². The molecule has 0 aromatic rings. The van der Waals surface area contributed by atoms with Gasteiger partial charge in [-0.1, -0.05) is 0 Å². The van der Waals surface area contributed by atoms with E-state index in [1.807, 2.05) is 0 Å². The van der Waals surface area contributed by atoms with Crippen LogP contribution >= 0.6 is 11.8 Å². The molecule has 0 aliphatic rings. The van der Waals surface area contributed by atoms with Crippen LogP contribution in [-0.4, -0.2) is 76.4 Å². The van der Waals surface area contributed by atoms with Gasteiger partial charge in [0.25, 0.3) is 0 Å². The number of ether oxygens (including phenoxy) is 1. The molecular weight excluding hydrogens is 599 g/mol. The second kappa shape index (κ2) is 10.7. The average molecular weight is 610 g/mol. The average Bonchev–Trinajstić information content (AvgIpc) is 2.70. The van der Waals surface area contributed by atoms with Crippen molar-refractivity contribution in [3.05, 3.63) is 0 Å². The highest BCUT2D eigenvalue weighted by atomic mass is 32.2. The van der Waals surface area contributed by atoms with E-state index in [2.05, 4.69) is 4.74 Å². The molecule has 0 fully saturated rings. The highest BCUT2D eigenvalue weighted by Crippen LogP contribution is 2.64. The molecule has 0 atom stereocenters. The Hall–Kier alpha value is -1.90. The lowest BCUT2D eigenvalue weighted by Crippen LogP contribution is -2.74. The van der Waals surface area contributed by atoms with E-state index in [9.17, 15) is 84.2 Å². The summed E-state index contributed by atoms with van der Waals surface area (Å²) in [5.41, 5.74) is 0. The molecule has 37 heavy (non-hydrogen) atoms. The van der Waals surface area contributed by atoms with E-state index < -0.39 is 90.5 Å². The Balaban J connectivity index is 5.81. The van der Waals surface area contributed by atoms with E-state index in [4.69, 9.17) is 5.11 Å². The SMILES string of the molecule is O=C(O)CCC(=O)OCSCCC(F)(F)C(F)(F)C(F)(F)C(F)(F)C(F)(F)C(F)(F)C(F)(F)C(F)(F)F. The lowest BCUT2D eigenvalue weighted by molar-refractivity contribution is -0.461. The van der Waals surface area contributed by atoms with Gasteiger partial charge in [0.15, 0.2) is 0 Å². The Labute approximate surface area is 197 Å². The molecule has 0 heterocycles. The smallest absolute Gasteiger partial charge is 0.460 e. The van der Waals surface area contributed by atoms with Crippen LogP contribution in [0.2, 0.25) is 0 Å². The fourth-order valence-electron chi connectivity index (χ4n) is 2.00. The number of aliphatic carboxylic acids is 1. The molecule has 22 heteroatoms. The molecule has 0 unspecified atom stereocenters. The Kier molecular flexibility index (Phi) is 10.1. The Morgan fingerprint density at radius 2 is 0.973 bits per heavy atom. The van der Waals surface area contributed by atoms with Crippen molar-refractivity contribution in [3.63, 3.8) is 0 Å². The first kappa shape index (κ1) is 35.1. The number of rotatable bonds is 14. The van der Waals surface area contributed by atoms with Crippen molar-refractivity contribution >= 4 is 23.7 Å². The van der Waals surface area contributed by atoms with Gasteiger partial charge in [0.2, 0.25) is 0 Å². The number of carbonyl (C=O) groups excluding carboxylic acids is 1. The molecule has 0 amide bonds. The third-order valence-corrected chi connectivity index (χ3v) is 4.97. The number of esters is 1. The van der Waals surface area contributed by atoms with Gasteiger partial charge < -0.3 is 9.84 Å². The summed E-state index contributed by atoms with van der Waals surface area (Å²) in [6.07, 6.45) is -12.0. The minimum Gasteiger partial charge on any atom is -0.481 e. The first-order chi connectivity index (χ1) is 16.1. The fraction of sp³-hybridized carbons (Fsp3) is 0.867. The molecule has 220 valence electrons. The van der Waals surface area contributed by atoms with E-state index in [0.29, 0.717) is 0 Å². The van der Waals surface area contributed by atoms with Gasteiger partial charge >= 0.3 is 59.6 Å². The summed E-state index contributed by atoms with van der Waals surface area (Å²) >= 11 is -0.136. The van der Waals surface area contributed by atoms with Crippen molar-refractivity contribution in [2.75, 3.05) is 11.7 Å². The quantitative estimate of drug-likeness (QED) is 0.106. The van der Waals surface area contributed by atoms with Crippen molar-refractivity contribution in [3.8, 4) is 0 Å². The topological polar surface area (TPSA) is 63.6 Å². The number of thioether (sulfide) groups is 1. The van der Waals surface area contributed by atoms with Crippen LogP contribution in [0.1, 0.15) is 19.3 Å². The largest absolute Gasteiger partial charge is 0.481 e. The lowest BCUT2D eigenvalue weighted by Gasteiger charge is -2.42. The molecule has 0 spiro atoms. The molecule has 0 bridgehead atoms. The van der Waals surface area contributed by atoms with Crippen LogP contribution in [0.5, 0.6) is 0 Å². The van der Waals surface area contributed by atoms with Gasteiger partial charge in [0, 0.05) is 12.2 Å². The molecule has 0 radical (unpaired) electrons. The number of alkyl halides is 17. The van der Waals surface area contributed by atoms with E-state index in [-0.39, 0.29) is 11.8 Å². The van der Waals surface area contributed by atoms with Crippen LogP contribution in [0, 0.1) is 0 Å². The molecule has 0 rings (SSSR count). The van der Waals surface area contributed by atoms with Crippen molar-refractivity contribution in [1.82, 2.24) is 0 Å². The van der Waals surface area contributed by atoms with Gasteiger partial charge in [-0.2, -0.15) is 74.6 Å². The molecule has 0 aromatic carbocycles. The highest BCUT2D eigenvalue weighted by molar-refractivity contribution is 7.99. The van der Waals surface area contributed by atoms with Crippen LogP contribution in [0.15, 0.2) is 0 Å². The second-order valence-corrected chi connectivity index (χ2v) is 7.89. The maximum atomic E-state index is 13.6. The minimum absolute atomic E-state index is 0.136. The summed E-state index contributed by atoms with van der Waals surface area (Å²) in [4.78, 5) is 21.2. The monoisotopic (exact) mass is 610 g/mol. The Bertz CT molecular complexity index is 824. The molecular formula is C15H11F17O4S. The highest BCUT2D eigenvalue weighted by Gasteiger charge is 2.95. The number of carboxylic acids is 1. The molecule has 0 saturated carbocycles. The fourth-order valence-corrected chi connectivity index (χ4v) is 2.73. The first-order valence-electron chi connectivity index (χ1n) is 8.73. The van der Waals surface area contributed by atoms with Gasteiger partial charge in [0.05, 0.1) is 12.8 Å². The van der Waals surface area contributed by atoms with E-state index in [0.717, 1.165) is 0 Å². The summed E-state index contributed by atoms with van der Waals surface area (Å²) in [6, 6.07) is 0. The maximum Gasteiger partial charge on any atom is 0.460 e. The van der Waals surface area contributed by atoms with Crippen LogP contribution in [0.4, 0.5) is 74.6 Å². The van der Waals surface area contributed by atoms with Gasteiger partial charge in [-0.25, -0.2) is 0 Å². The maximum absolute atomic E-state index is 13.6. The summed E-state index contributed by atoms with van der Waals surface area (Å²) in [7, 11) is 0. The van der Waals surface area contributed by atoms with Crippen LogP contribution < -0.4 is 0 Å². The normalized spacial score (nSPS) is 15.1.